The van der Waals surface area contributed by atoms with Crippen LogP contribution in [0.25, 0.3) is 0 Å². The number of aliphatic hydroxyl groups excluding tert-OH is 1. The van der Waals surface area contributed by atoms with E-state index in [-0.39, 0.29) is 0 Å². The highest BCUT2D eigenvalue weighted by molar-refractivity contribution is 5.49. The molecule has 0 spiro atoms. The summed E-state index contributed by atoms with van der Waals surface area (Å²) in [5.74, 6) is 1.14. The van der Waals surface area contributed by atoms with Crippen LogP contribution in [0.1, 0.15) is 23.7 Å². The van der Waals surface area contributed by atoms with E-state index >= 15 is 0 Å². The van der Waals surface area contributed by atoms with Crippen LogP contribution in [0.5, 0.6) is 11.5 Å². The van der Waals surface area contributed by atoms with Crippen molar-refractivity contribution >= 4 is 0 Å². The van der Waals surface area contributed by atoms with Crippen LogP contribution in [-0.2, 0) is 6.42 Å². The number of fused-ring (bicyclic) bond motifs is 1. The lowest BCUT2D eigenvalue weighted by Gasteiger charge is -2.26. The minimum Gasteiger partial charge on any atom is -0.493 e. The molecule has 0 aliphatic heterocycles. The molecule has 0 amide bonds. The van der Waals surface area contributed by atoms with Gasteiger partial charge in [-0.05, 0) is 36.1 Å². The molecule has 0 heterocycles. The maximum atomic E-state index is 13.4. The van der Waals surface area contributed by atoms with Gasteiger partial charge in [-0.3, -0.25) is 0 Å². The first-order valence-electron chi connectivity index (χ1n) is 5.24. The average molecular weight is 226 g/mol. The highest BCUT2D eigenvalue weighted by Crippen LogP contribution is 2.38. The van der Waals surface area contributed by atoms with Crippen LogP contribution >= 0.6 is 0 Å². The molecule has 0 aromatic heterocycles. The third-order valence-electron chi connectivity index (χ3n) is 3.00. The number of rotatable bonds is 2. The number of benzene rings is 1. The molecule has 0 saturated carbocycles. The van der Waals surface area contributed by atoms with Crippen molar-refractivity contribution in [3.8, 4) is 11.5 Å². The van der Waals surface area contributed by atoms with Crippen molar-refractivity contribution in [2.24, 2.45) is 0 Å². The van der Waals surface area contributed by atoms with Crippen LogP contribution in [0.15, 0.2) is 12.1 Å². The van der Waals surface area contributed by atoms with Gasteiger partial charge in [0, 0.05) is 0 Å². The summed E-state index contributed by atoms with van der Waals surface area (Å²) in [5.41, 5.74) is 1.54. The van der Waals surface area contributed by atoms with E-state index in [0.717, 1.165) is 5.56 Å². The van der Waals surface area contributed by atoms with E-state index in [1.54, 1.807) is 13.2 Å². The van der Waals surface area contributed by atoms with Crippen molar-refractivity contribution in [2.75, 3.05) is 14.2 Å². The molecule has 0 radical (unpaired) electrons. The van der Waals surface area contributed by atoms with Crippen molar-refractivity contribution in [3.63, 3.8) is 0 Å². The molecule has 1 aromatic carbocycles. The number of methoxy groups -OCH3 is 2. The van der Waals surface area contributed by atoms with E-state index in [1.165, 1.54) is 7.11 Å². The van der Waals surface area contributed by atoms with E-state index in [0.29, 0.717) is 29.9 Å². The third kappa shape index (κ3) is 1.73. The smallest absolute Gasteiger partial charge is 0.161 e. The van der Waals surface area contributed by atoms with Gasteiger partial charge in [-0.15, -0.1) is 0 Å². The zero-order valence-corrected chi connectivity index (χ0v) is 9.37. The van der Waals surface area contributed by atoms with Gasteiger partial charge in [0.1, 0.15) is 12.3 Å². The van der Waals surface area contributed by atoms with Crippen molar-refractivity contribution < 1.29 is 19.0 Å². The summed E-state index contributed by atoms with van der Waals surface area (Å²) in [5, 5.41) is 9.74. The molecule has 1 aromatic rings. The molecule has 1 aliphatic rings. The summed E-state index contributed by atoms with van der Waals surface area (Å²) < 4.78 is 23.6. The van der Waals surface area contributed by atoms with E-state index in [9.17, 15) is 9.50 Å². The van der Waals surface area contributed by atoms with Crippen LogP contribution in [0.3, 0.4) is 0 Å². The average Bonchev–Trinajstić information content (AvgIpc) is 2.32. The van der Waals surface area contributed by atoms with Gasteiger partial charge in [-0.25, -0.2) is 4.39 Å². The zero-order valence-electron chi connectivity index (χ0n) is 9.37. The van der Waals surface area contributed by atoms with Gasteiger partial charge in [0.15, 0.2) is 11.5 Å². The summed E-state index contributed by atoms with van der Waals surface area (Å²) in [6, 6.07) is 3.47. The summed E-state index contributed by atoms with van der Waals surface area (Å²) >= 11 is 0. The number of hydrogen-bond donors (Lipinski definition) is 1. The fraction of sp³-hybridized carbons (Fsp3) is 0.500. The maximum Gasteiger partial charge on any atom is 0.161 e. The quantitative estimate of drug-likeness (QED) is 0.838. The van der Waals surface area contributed by atoms with Crippen molar-refractivity contribution in [1.82, 2.24) is 0 Å². The summed E-state index contributed by atoms with van der Waals surface area (Å²) in [6.07, 6.45) is -1.27. The minimum absolute atomic E-state index is 0.351. The number of ether oxygens (including phenoxy) is 2. The molecule has 88 valence electrons. The Balaban J connectivity index is 2.48. The van der Waals surface area contributed by atoms with E-state index in [2.05, 4.69) is 0 Å². The van der Waals surface area contributed by atoms with Gasteiger partial charge in [0.25, 0.3) is 0 Å². The van der Waals surface area contributed by atoms with Gasteiger partial charge in [0.2, 0.25) is 0 Å². The summed E-state index contributed by atoms with van der Waals surface area (Å²) in [7, 11) is 3.08. The first-order valence-corrected chi connectivity index (χ1v) is 5.24. The molecule has 4 heteroatoms. The number of aryl methyl sites for hydroxylation is 1. The minimum atomic E-state index is -1.19. The summed E-state index contributed by atoms with van der Waals surface area (Å²) in [6.45, 7) is 0. The van der Waals surface area contributed by atoms with Gasteiger partial charge >= 0.3 is 0 Å². The lowest BCUT2D eigenvalue weighted by molar-refractivity contribution is 0.0640. The zero-order chi connectivity index (χ0) is 11.7. The highest BCUT2D eigenvalue weighted by Gasteiger charge is 2.29. The Kier molecular flexibility index (Phi) is 3.01. The molecule has 0 unspecified atom stereocenters. The van der Waals surface area contributed by atoms with E-state index in [1.807, 2.05) is 6.07 Å². The molecule has 0 bridgehead atoms. The standard InChI is InChI=1S/C12H15FO3/c1-15-10-5-7-3-4-9(13)12(14)8(7)6-11(10)16-2/h5-6,9,12,14H,3-4H2,1-2H3/t9-,12-/m1/s1. The monoisotopic (exact) mass is 226 g/mol. The third-order valence-corrected chi connectivity index (χ3v) is 3.00. The molecule has 3 nitrogen and oxygen atoms in total. The number of aliphatic hydroxyl groups is 1. The van der Waals surface area contributed by atoms with Crippen LogP contribution < -0.4 is 9.47 Å². The van der Waals surface area contributed by atoms with E-state index in [4.69, 9.17) is 9.47 Å². The largest absolute Gasteiger partial charge is 0.493 e. The SMILES string of the molecule is COc1cc2c(cc1OC)[C@@H](O)[C@H](F)CC2. The fourth-order valence-electron chi connectivity index (χ4n) is 2.07. The van der Waals surface area contributed by atoms with Crippen molar-refractivity contribution in [1.29, 1.82) is 0 Å². The molecule has 16 heavy (non-hydrogen) atoms. The fourth-order valence-corrected chi connectivity index (χ4v) is 2.07. The predicted octanol–water partition coefficient (Wildman–Crippen LogP) is 2.02. The molecule has 2 rings (SSSR count). The molecule has 1 N–H and O–H groups in total. The highest BCUT2D eigenvalue weighted by atomic mass is 19.1. The second kappa shape index (κ2) is 4.29. The van der Waals surface area contributed by atoms with Gasteiger partial charge in [0.05, 0.1) is 14.2 Å². The molecular formula is C12H15FO3. The van der Waals surface area contributed by atoms with Gasteiger partial charge in [-0.1, -0.05) is 0 Å². The second-order valence-electron chi connectivity index (χ2n) is 3.91. The van der Waals surface area contributed by atoms with Crippen molar-refractivity contribution in [3.05, 3.63) is 23.3 Å². The lowest BCUT2D eigenvalue weighted by atomic mass is 9.88. The van der Waals surface area contributed by atoms with Gasteiger partial charge < -0.3 is 14.6 Å². The summed E-state index contributed by atoms with van der Waals surface area (Å²) in [4.78, 5) is 0. The predicted molar refractivity (Wildman–Crippen MR) is 57.7 cm³/mol. The van der Waals surface area contributed by atoms with Crippen LogP contribution in [0, 0.1) is 0 Å². The van der Waals surface area contributed by atoms with Gasteiger partial charge in [-0.2, -0.15) is 0 Å². The Labute approximate surface area is 93.8 Å². The molecule has 2 atom stereocenters. The first-order chi connectivity index (χ1) is 7.67. The second-order valence-corrected chi connectivity index (χ2v) is 3.91. The molecule has 0 saturated heterocycles. The molecular weight excluding hydrogens is 211 g/mol. The Morgan fingerprint density at radius 2 is 1.88 bits per heavy atom. The number of alkyl halides is 1. The lowest BCUT2D eigenvalue weighted by Crippen LogP contribution is -2.21. The molecule has 0 fully saturated rings. The normalized spacial score (nSPS) is 23.8. The molecule has 1 aliphatic carbocycles. The Bertz CT molecular complexity index is 392. The Hall–Kier alpha value is -1.29. The topological polar surface area (TPSA) is 38.7 Å². The number of halogens is 1. The maximum absolute atomic E-state index is 13.4. The van der Waals surface area contributed by atoms with Crippen molar-refractivity contribution in [2.45, 2.75) is 25.1 Å². The first kappa shape index (κ1) is 11.2. The van der Waals surface area contributed by atoms with E-state index < -0.39 is 12.3 Å². The van der Waals surface area contributed by atoms with Crippen LogP contribution in [-0.4, -0.2) is 25.5 Å². The van der Waals surface area contributed by atoms with Crippen LogP contribution in [0.4, 0.5) is 4.39 Å². The Morgan fingerprint density at radius 1 is 1.25 bits per heavy atom. The van der Waals surface area contributed by atoms with Crippen LogP contribution in [0.2, 0.25) is 0 Å². The number of hydrogen-bond acceptors (Lipinski definition) is 3. The Morgan fingerprint density at radius 3 is 2.50 bits per heavy atom.